The van der Waals surface area contributed by atoms with Crippen molar-refractivity contribution in [2.45, 2.75) is 51.9 Å². The molecule has 0 aliphatic carbocycles. The molecule has 1 heterocycles. The van der Waals surface area contributed by atoms with Crippen LogP contribution in [0.5, 0.6) is 6.01 Å². The first-order valence-electron chi connectivity index (χ1n) is 7.63. The highest BCUT2D eigenvalue weighted by atomic mass is 16.5. The van der Waals surface area contributed by atoms with Crippen molar-refractivity contribution in [2.75, 3.05) is 13.7 Å². The van der Waals surface area contributed by atoms with Crippen molar-refractivity contribution in [1.29, 1.82) is 0 Å². The molecule has 0 N–H and O–H groups in total. The molecule has 1 rings (SSSR count). The van der Waals surface area contributed by atoms with Crippen LogP contribution in [-0.2, 0) is 14.3 Å². The molecule has 0 radical (unpaired) electrons. The van der Waals surface area contributed by atoms with Crippen molar-refractivity contribution in [3.05, 3.63) is 18.0 Å². The zero-order valence-corrected chi connectivity index (χ0v) is 13.5. The highest BCUT2D eigenvalue weighted by molar-refractivity contribution is 5.80. The Bertz CT molecular complexity index is 474. The molecule has 0 bridgehead atoms. The van der Waals surface area contributed by atoms with Crippen LogP contribution in [0.4, 0.5) is 0 Å². The van der Waals surface area contributed by atoms with Gasteiger partial charge in [0.05, 0.1) is 20.1 Å². The molecule has 1 atom stereocenters. The zero-order chi connectivity index (χ0) is 16.4. The number of ketones is 1. The van der Waals surface area contributed by atoms with Crippen LogP contribution in [0, 0.1) is 0 Å². The van der Waals surface area contributed by atoms with E-state index in [-0.39, 0.29) is 30.1 Å². The van der Waals surface area contributed by atoms with E-state index >= 15 is 0 Å². The van der Waals surface area contributed by atoms with E-state index in [1.54, 1.807) is 19.3 Å². The number of hydrogen-bond donors (Lipinski definition) is 0. The van der Waals surface area contributed by atoms with Crippen molar-refractivity contribution >= 4 is 11.8 Å². The molecule has 0 fully saturated rings. The first kappa shape index (κ1) is 18.1. The molecular weight excluding hydrogens is 284 g/mol. The maximum atomic E-state index is 12.0. The third kappa shape index (κ3) is 6.20. The number of esters is 1. The van der Waals surface area contributed by atoms with Crippen molar-refractivity contribution in [3.63, 3.8) is 0 Å². The minimum Gasteiger partial charge on any atom is -0.467 e. The highest BCUT2D eigenvalue weighted by Crippen LogP contribution is 2.25. The van der Waals surface area contributed by atoms with Gasteiger partial charge in [0.1, 0.15) is 5.78 Å². The van der Waals surface area contributed by atoms with E-state index in [2.05, 4.69) is 9.97 Å². The van der Waals surface area contributed by atoms with Gasteiger partial charge in [0.15, 0.2) is 0 Å². The number of carbonyl (C=O) groups is 2. The fraction of sp³-hybridized carbons (Fsp3) is 0.625. The van der Waals surface area contributed by atoms with Gasteiger partial charge in [0, 0.05) is 31.2 Å². The first-order valence-corrected chi connectivity index (χ1v) is 7.63. The maximum Gasteiger partial charge on any atom is 0.316 e. The summed E-state index contributed by atoms with van der Waals surface area (Å²) >= 11 is 0. The lowest BCUT2D eigenvalue weighted by Gasteiger charge is -2.15. The molecule has 22 heavy (non-hydrogen) atoms. The monoisotopic (exact) mass is 308 g/mol. The predicted molar refractivity (Wildman–Crippen MR) is 81.7 cm³/mol. The number of carbonyl (C=O) groups excluding carboxylic acids is 2. The maximum absolute atomic E-state index is 12.0. The van der Waals surface area contributed by atoms with Gasteiger partial charge in [0.25, 0.3) is 0 Å². The Balaban J connectivity index is 2.79. The molecule has 0 aliphatic rings. The van der Waals surface area contributed by atoms with E-state index in [0.717, 1.165) is 18.4 Å². The Morgan fingerprint density at radius 1 is 1.18 bits per heavy atom. The smallest absolute Gasteiger partial charge is 0.316 e. The molecule has 122 valence electrons. The second kappa shape index (κ2) is 9.87. The van der Waals surface area contributed by atoms with Crippen LogP contribution in [0.15, 0.2) is 12.4 Å². The molecule has 1 aromatic rings. The van der Waals surface area contributed by atoms with Crippen LogP contribution in [-0.4, -0.2) is 35.4 Å². The van der Waals surface area contributed by atoms with E-state index in [9.17, 15) is 9.59 Å². The van der Waals surface area contributed by atoms with Crippen LogP contribution in [0.2, 0.25) is 0 Å². The molecule has 1 aromatic heterocycles. The summed E-state index contributed by atoms with van der Waals surface area (Å²) in [6, 6.07) is 0.260. The van der Waals surface area contributed by atoms with Crippen molar-refractivity contribution in [3.8, 4) is 6.01 Å². The van der Waals surface area contributed by atoms with Crippen molar-refractivity contribution in [2.24, 2.45) is 0 Å². The van der Waals surface area contributed by atoms with Gasteiger partial charge in [0.2, 0.25) is 0 Å². The topological polar surface area (TPSA) is 78.4 Å². The number of methoxy groups -OCH3 is 1. The minimum atomic E-state index is -0.313. The van der Waals surface area contributed by atoms with Gasteiger partial charge in [-0.25, -0.2) is 9.97 Å². The molecule has 6 heteroatoms. The number of ether oxygens (including phenoxy) is 2. The third-order valence-corrected chi connectivity index (χ3v) is 3.30. The predicted octanol–water partition coefficient (Wildman–Crippen LogP) is 2.67. The Morgan fingerprint density at radius 2 is 1.86 bits per heavy atom. The van der Waals surface area contributed by atoms with E-state index in [1.165, 1.54) is 7.11 Å². The van der Waals surface area contributed by atoms with Gasteiger partial charge in [-0.1, -0.05) is 13.3 Å². The van der Waals surface area contributed by atoms with E-state index in [1.807, 2.05) is 6.92 Å². The number of hydrogen-bond acceptors (Lipinski definition) is 6. The second-order valence-electron chi connectivity index (χ2n) is 5.06. The first-order chi connectivity index (χ1) is 10.6. The summed E-state index contributed by atoms with van der Waals surface area (Å²) in [6.45, 7) is 4.13. The Hall–Kier alpha value is -1.98. The Morgan fingerprint density at radius 3 is 2.41 bits per heavy atom. The van der Waals surface area contributed by atoms with Crippen LogP contribution < -0.4 is 4.74 Å². The molecular formula is C16H24N2O4. The lowest BCUT2D eigenvalue weighted by atomic mass is 9.91. The van der Waals surface area contributed by atoms with Crippen LogP contribution in [0.1, 0.15) is 57.4 Å². The molecule has 6 nitrogen and oxygen atoms in total. The van der Waals surface area contributed by atoms with Gasteiger partial charge in [-0.3, -0.25) is 9.59 Å². The summed E-state index contributed by atoms with van der Waals surface area (Å²) in [5.74, 6) is -0.423. The molecule has 0 aromatic carbocycles. The number of unbranched alkanes of at least 4 members (excludes halogenated alkanes) is 1. The normalized spacial score (nSPS) is 11.8. The largest absolute Gasteiger partial charge is 0.467 e. The fourth-order valence-corrected chi connectivity index (χ4v) is 2.12. The SMILES string of the molecule is CCCCC(=O)CC(CC(=O)OCC)c1cnc(OC)nc1. The summed E-state index contributed by atoms with van der Waals surface area (Å²) in [6.07, 6.45) is 6.03. The summed E-state index contributed by atoms with van der Waals surface area (Å²) in [4.78, 5) is 31.9. The van der Waals surface area contributed by atoms with Crippen molar-refractivity contribution in [1.82, 2.24) is 9.97 Å². The van der Waals surface area contributed by atoms with Gasteiger partial charge in [-0.05, 0) is 18.9 Å². The quantitative estimate of drug-likeness (QED) is 0.618. The number of aromatic nitrogens is 2. The van der Waals surface area contributed by atoms with Gasteiger partial charge >= 0.3 is 12.0 Å². The Kier molecular flexibility index (Phi) is 8.10. The van der Waals surface area contributed by atoms with E-state index in [0.29, 0.717) is 19.4 Å². The zero-order valence-electron chi connectivity index (χ0n) is 13.5. The number of nitrogens with zero attached hydrogens (tertiary/aromatic N) is 2. The van der Waals surface area contributed by atoms with Crippen LogP contribution in [0.3, 0.4) is 0 Å². The van der Waals surface area contributed by atoms with Crippen molar-refractivity contribution < 1.29 is 19.1 Å². The summed E-state index contributed by atoms with van der Waals surface area (Å²) in [7, 11) is 1.49. The number of Topliss-reactive ketones (excluding diaryl/α,β-unsaturated/α-hetero) is 1. The fourth-order valence-electron chi connectivity index (χ4n) is 2.12. The third-order valence-electron chi connectivity index (χ3n) is 3.30. The average Bonchev–Trinajstić information content (AvgIpc) is 2.52. The molecule has 1 unspecified atom stereocenters. The van der Waals surface area contributed by atoms with Crippen LogP contribution in [0.25, 0.3) is 0 Å². The molecule has 0 amide bonds. The lowest BCUT2D eigenvalue weighted by Crippen LogP contribution is -2.14. The Labute approximate surface area is 131 Å². The lowest BCUT2D eigenvalue weighted by molar-refractivity contribution is -0.143. The number of rotatable bonds is 10. The van der Waals surface area contributed by atoms with Crippen LogP contribution >= 0.6 is 0 Å². The molecule has 0 saturated heterocycles. The van der Waals surface area contributed by atoms with E-state index < -0.39 is 0 Å². The standard InChI is InChI=1S/C16H24N2O4/c1-4-6-7-14(19)8-12(9-15(20)22-5-2)13-10-17-16(21-3)18-11-13/h10-12H,4-9H2,1-3H3. The highest BCUT2D eigenvalue weighted by Gasteiger charge is 2.21. The second-order valence-corrected chi connectivity index (χ2v) is 5.06. The average molecular weight is 308 g/mol. The van der Waals surface area contributed by atoms with E-state index in [4.69, 9.17) is 9.47 Å². The van der Waals surface area contributed by atoms with Gasteiger partial charge < -0.3 is 9.47 Å². The molecule has 0 spiro atoms. The van der Waals surface area contributed by atoms with Gasteiger partial charge in [-0.15, -0.1) is 0 Å². The summed E-state index contributed by atoms with van der Waals surface area (Å²) < 4.78 is 9.91. The summed E-state index contributed by atoms with van der Waals surface area (Å²) in [5, 5.41) is 0. The molecule has 0 saturated carbocycles. The van der Waals surface area contributed by atoms with Gasteiger partial charge in [-0.2, -0.15) is 0 Å². The minimum absolute atomic E-state index is 0.145. The summed E-state index contributed by atoms with van der Waals surface area (Å²) in [5.41, 5.74) is 0.749. The molecule has 0 aliphatic heterocycles.